The molecule has 1 fully saturated rings. The maximum absolute atomic E-state index is 13.0. The molecule has 186 valence electrons. The molecule has 4 aromatic rings. The van der Waals surface area contributed by atoms with E-state index in [-0.39, 0.29) is 36.2 Å². The first-order chi connectivity index (χ1) is 17.9. The zero-order valence-corrected chi connectivity index (χ0v) is 21.8. The number of Topliss-reactive ketones (excluding diaryl/α,β-unsaturated/α-hetero) is 1. The minimum atomic E-state index is -0.522. The smallest absolute Gasteiger partial charge is 0.293 e. The van der Waals surface area contributed by atoms with Crippen molar-refractivity contribution >= 4 is 67.5 Å². The van der Waals surface area contributed by atoms with Gasteiger partial charge in [-0.05, 0) is 48.2 Å². The van der Waals surface area contributed by atoms with Crippen molar-refractivity contribution in [3.63, 3.8) is 0 Å². The highest BCUT2D eigenvalue weighted by atomic mass is 79.9. The van der Waals surface area contributed by atoms with Gasteiger partial charge in [0.2, 0.25) is 5.91 Å². The van der Waals surface area contributed by atoms with Crippen LogP contribution in [0.4, 0.5) is 4.79 Å². The Morgan fingerprint density at radius 2 is 1.84 bits per heavy atom. The number of rotatable bonds is 8. The minimum Gasteiger partial charge on any atom is -0.467 e. The van der Waals surface area contributed by atoms with Crippen LogP contribution in [0.2, 0.25) is 0 Å². The second kappa shape index (κ2) is 10.6. The normalized spacial score (nSPS) is 14.6. The SMILES string of the molecule is O=C(Cn1cc(/C=C2\SC(=O)N(CC(=O)c3ccccc3)C2=O)c2cc(Br)ccc21)NCc1ccco1. The van der Waals surface area contributed by atoms with E-state index in [1.807, 2.05) is 18.2 Å². The summed E-state index contributed by atoms with van der Waals surface area (Å²) in [5, 5.41) is 3.13. The van der Waals surface area contributed by atoms with E-state index in [0.29, 0.717) is 16.9 Å². The Kier molecular flexibility index (Phi) is 7.11. The maximum atomic E-state index is 13.0. The number of halogens is 1. The molecular formula is C27H20BrN3O5S. The average molecular weight is 578 g/mol. The lowest BCUT2D eigenvalue weighted by Gasteiger charge is -2.11. The lowest BCUT2D eigenvalue weighted by Crippen LogP contribution is -2.33. The Morgan fingerprint density at radius 3 is 2.59 bits per heavy atom. The third kappa shape index (κ3) is 5.45. The first-order valence-electron chi connectivity index (χ1n) is 11.3. The van der Waals surface area contributed by atoms with Crippen molar-refractivity contribution in [1.82, 2.24) is 14.8 Å². The van der Waals surface area contributed by atoms with Gasteiger partial charge in [-0.15, -0.1) is 0 Å². The van der Waals surface area contributed by atoms with Crippen molar-refractivity contribution in [1.29, 1.82) is 0 Å². The molecule has 0 saturated carbocycles. The largest absolute Gasteiger partial charge is 0.467 e. The number of amides is 3. The molecule has 2 aromatic carbocycles. The standard InChI is InChI=1S/C27H20BrN3O5S/c28-19-8-9-22-21(12-19)18(14-30(22)16-25(33)29-13-20-7-4-10-36-20)11-24-26(34)31(27(35)37-24)15-23(32)17-5-2-1-3-6-17/h1-12,14H,13,15-16H2,(H,29,33)/b24-11-. The molecule has 3 amide bonds. The molecule has 3 heterocycles. The fraction of sp³-hybridized carbons (Fsp3) is 0.111. The zero-order valence-electron chi connectivity index (χ0n) is 19.3. The number of hydrogen-bond donors (Lipinski definition) is 1. The van der Waals surface area contributed by atoms with E-state index in [1.54, 1.807) is 65.6 Å². The first kappa shape index (κ1) is 24.8. The van der Waals surface area contributed by atoms with Gasteiger partial charge in [0, 0.05) is 32.7 Å². The number of ketones is 1. The van der Waals surface area contributed by atoms with Crippen molar-refractivity contribution in [3.8, 4) is 0 Å². The van der Waals surface area contributed by atoms with Crippen LogP contribution in [0.25, 0.3) is 17.0 Å². The van der Waals surface area contributed by atoms with E-state index in [9.17, 15) is 19.2 Å². The Labute approximate surface area is 224 Å². The van der Waals surface area contributed by atoms with Crippen LogP contribution in [0.3, 0.4) is 0 Å². The number of fused-ring (bicyclic) bond motifs is 1. The molecule has 0 spiro atoms. The monoisotopic (exact) mass is 577 g/mol. The summed E-state index contributed by atoms with van der Waals surface area (Å²) in [6.07, 6.45) is 4.95. The molecule has 1 aliphatic heterocycles. The van der Waals surface area contributed by atoms with Crippen molar-refractivity contribution < 1.29 is 23.6 Å². The van der Waals surface area contributed by atoms with Gasteiger partial charge >= 0.3 is 0 Å². The van der Waals surface area contributed by atoms with Crippen LogP contribution in [0.1, 0.15) is 21.7 Å². The summed E-state index contributed by atoms with van der Waals surface area (Å²) in [4.78, 5) is 52.0. The quantitative estimate of drug-likeness (QED) is 0.227. The molecule has 0 bridgehead atoms. The molecule has 0 atom stereocenters. The summed E-state index contributed by atoms with van der Waals surface area (Å²) in [6.45, 7) is 0.00713. The van der Waals surface area contributed by atoms with Gasteiger partial charge < -0.3 is 14.3 Å². The fourth-order valence-corrected chi connectivity index (χ4v) is 5.18. The van der Waals surface area contributed by atoms with Crippen LogP contribution in [0.15, 0.2) is 86.9 Å². The summed E-state index contributed by atoms with van der Waals surface area (Å²) >= 11 is 4.27. The van der Waals surface area contributed by atoms with Gasteiger partial charge in [0.05, 0.1) is 24.3 Å². The number of thioether (sulfide) groups is 1. The van der Waals surface area contributed by atoms with E-state index >= 15 is 0 Å². The highest BCUT2D eigenvalue weighted by Crippen LogP contribution is 2.35. The molecule has 8 nitrogen and oxygen atoms in total. The third-order valence-corrected chi connectivity index (χ3v) is 7.19. The average Bonchev–Trinajstić information content (AvgIpc) is 3.59. The number of aromatic nitrogens is 1. The first-order valence-corrected chi connectivity index (χ1v) is 12.9. The Balaban J connectivity index is 1.37. The van der Waals surface area contributed by atoms with Gasteiger partial charge in [0.1, 0.15) is 12.3 Å². The number of benzene rings is 2. The van der Waals surface area contributed by atoms with Crippen LogP contribution >= 0.6 is 27.7 Å². The van der Waals surface area contributed by atoms with Crippen LogP contribution < -0.4 is 5.32 Å². The number of furan rings is 1. The van der Waals surface area contributed by atoms with Crippen molar-refractivity contribution in [3.05, 3.63) is 99.4 Å². The third-order valence-electron chi connectivity index (χ3n) is 5.79. The van der Waals surface area contributed by atoms with Crippen molar-refractivity contribution in [2.24, 2.45) is 0 Å². The second-order valence-corrected chi connectivity index (χ2v) is 10.2. The summed E-state index contributed by atoms with van der Waals surface area (Å²) in [6, 6.07) is 17.7. The molecule has 2 aromatic heterocycles. The number of nitrogens with zero attached hydrogens (tertiary/aromatic N) is 2. The van der Waals surface area contributed by atoms with Gasteiger partial charge in [-0.25, -0.2) is 0 Å². The number of carbonyl (C=O) groups excluding carboxylic acids is 4. The maximum Gasteiger partial charge on any atom is 0.293 e. The van der Waals surface area contributed by atoms with Crippen LogP contribution in [-0.2, 0) is 22.7 Å². The van der Waals surface area contributed by atoms with Gasteiger partial charge in [-0.2, -0.15) is 0 Å². The molecule has 1 N–H and O–H groups in total. The highest BCUT2D eigenvalue weighted by Gasteiger charge is 2.36. The van der Waals surface area contributed by atoms with E-state index in [1.165, 1.54) is 0 Å². The molecule has 0 radical (unpaired) electrons. The lowest BCUT2D eigenvalue weighted by atomic mass is 10.1. The Bertz CT molecular complexity index is 1540. The zero-order chi connectivity index (χ0) is 25.9. The molecule has 1 saturated heterocycles. The number of carbonyl (C=O) groups is 4. The molecule has 1 aliphatic rings. The van der Waals surface area contributed by atoms with Crippen LogP contribution in [0.5, 0.6) is 0 Å². The van der Waals surface area contributed by atoms with E-state index in [2.05, 4.69) is 21.2 Å². The fourth-order valence-electron chi connectivity index (χ4n) is 3.99. The topological polar surface area (TPSA) is 102 Å². The predicted molar refractivity (Wildman–Crippen MR) is 144 cm³/mol. The molecular weight excluding hydrogens is 558 g/mol. The highest BCUT2D eigenvalue weighted by molar-refractivity contribution is 9.10. The molecule has 5 rings (SSSR count). The van der Waals surface area contributed by atoms with Crippen molar-refractivity contribution in [2.45, 2.75) is 13.1 Å². The van der Waals surface area contributed by atoms with Gasteiger partial charge in [-0.3, -0.25) is 24.1 Å². The van der Waals surface area contributed by atoms with E-state index < -0.39 is 11.1 Å². The minimum absolute atomic E-state index is 0.0553. The molecule has 10 heteroatoms. The second-order valence-electron chi connectivity index (χ2n) is 8.29. The van der Waals surface area contributed by atoms with Crippen LogP contribution in [0, 0.1) is 0 Å². The Morgan fingerprint density at radius 1 is 1.03 bits per heavy atom. The number of hydrogen-bond acceptors (Lipinski definition) is 6. The van der Waals surface area contributed by atoms with Gasteiger partial charge in [0.25, 0.3) is 11.1 Å². The number of imide groups is 1. The summed E-state index contributed by atoms with van der Waals surface area (Å²) in [7, 11) is 0. The number of nitrogens with one attached hydrogen (secondary N) is 1. The van der Waals surface area contributed by atoms with Crippen molar-refractivity contribution in [2.75, 3.05) is 6.54 Å². The lowest BCUT2D eigenvalue weighted by molar-refractivity contribution is -0.123. The molecule has 37 heavy (non-hydrogen) atoms. The predicted octanol–water partition coefficient (Wildman–Crippen LogP) is 5.23. The van der Waals surface area contributed by atoms with Gasteiger partial charge in [-0.1, -0.05) is 46.3 Å². The molecule has 0 aliphatic carbocycles. The summed E-state index contributed by atoms with van der Waals surface area (Å²) in [5.41, 5.74) is 1.90. The van der Waals surface area contributed by atoms with Gasteiger partial charge in [0.15, 0.2) is 5.78 Å². The van der Waals surface area contributed by atoms with Crippen LogP contribution in [-0.4, -0.2) is 38.8 Å². The summed E-state index contributed by atoms with van der Waals surface area (Å²) < 4.78 is 7.87. The Hall–Kier alpha value is -3.89. The van der Waals surface area contributed by atoms with E-state index in [0.717, 1.165) is 32.0 Å². The van der Waals surface area contributed by atoms with E-state index in [4.69, 9.17) is 4.42 Å². The summed E-state index contributed by atoms with van der Waals surface area (Å²) in [5.74, 6) is -0.393. The molecule has 0 unspecified atom stereocenters.